The first-order chi connectivity index (χ1) is 19.4. The van der Waals surface area contributed by atoms with Gasteiger partial charge in [0.25, 0.3) is 0 Å². The second kappa shape index (κ2) is 13.8. The molecule has 41 heavy (non-hydrogen) atoms. The Morgan fingerprint density at radius 1 is 0.341 bits per heavy atom. The van der Waals surface area contributed by atoms with Crippen molar-refractivity contribution in [3.8, 4) is 45.0 Å². The molecule has 2 heterocycles. The summed E-state index contributed by atoms with van der Waals surface area (Å²) in [6.07, 6.45) is 3.27. The molecular formula is C36H32IrN4. The van der Waals surface area contributed by atoms with Gasteiger partial charge in [0.2, 0.25) is 0 Å². The molecule has 0 saturated heterocycles. The summed E-state index contributed by atoms with van der Waals surface area (Å²) in [5.41, 5.74) is 13.3. The van der Waals surface area contributed by atoms with Crippen LogP contribution in [0.2, 0.25) is 0 Å². The fourth-order valence-corrected chi connectivity index (χ4v) is 4.56. The summed E-state index contributed by atoms with van der Waals surface area (Å²) in [6.45, 7) is 8.36. The maximum Gasteiger partial charge on any atom is 0.116 e. The van der Waals surface area contributed by atoms with Gasteiger partial charge in [-0.1, -0.05) is 95.1 Å². The quantitative estimate of drug-likeness (QED) is 0.183. The number of hydrogen-bond donors (Lipinski definition) is 0. The Morgan fingerprint density at radius 3 is 0.805 bits per heavy atom. The molecule has 0 amide bonds. The third-order valence-electron chi connectivity index (χ3n) is 6.59. The van der Waals surface area contributed by atoms with E-state index in [0.29, 0.717) is 0 Å². The van der Waals surface area contributed by atoms with E-state index < -0.39 is 0 Å². The van der Waals surface area contributed by atoms with Gasteiger partial charge in [-0.25, -0.2) is 19.9 Å². The van der Waals surface area contributed by atoms with E-state index in [0.717, 1.165) is 45.0 Å². The monoisotopic (exact) mass is 713 g/mol. The van der Waals surface area contributed by atoms with Gasteiger partial charge in [0.15, 0.2) is 0 Å². The zero-order valence-electron chi connectivity index (χ0n) is 23.7. The van der Waals surface area contributed by atoms with E-state index in [1.165, 1.54) is 22.3 Å². The Bertz CT molecular complexity index is 1510. The van der Waals surface area contributed by atoms with Crippen LogP contribution in [-0.4, -0.2) is 19.9 Å². The third-order valence-corrected chi connectivity index (χ3v) is 6.59. The molecule has 2 aromatic heterocycles. The molecule has 0 fully saturated rings. The molecule has 4 nitrogen and oxygen atoms in total. The van der Waals surface area contributed by atoms with Crippen molar-refractivity contribution in [2.45, 2.75) is 27.7 Å². The summed E-state index contributed by atoms with van der Waals surface area (Å²) in [6, 6.07) is 37.5. The molecule has 1 radical (unpaired) electrons. The Kier molecular flexibility index (Phi) is 10.0. The first kappa shape index (κ1) is 29.7. The number of aromatic nitrogens is 4. The van der Waals surface area contributed by atoms with Crippen LogP contribution >= 0.6 is 0 Å². The van der Waals surface area contributed by atoms with Crippen LogP contribution in [0.25, 0.3) is 45.0 Å². The average Bonchev–Trinajstić information content (AvgIpc) is 2.98. The van der Waals surface area contributed by atoms with Crippen molar-refractivity contribution in [3.63, 3.8) is 0 Å². The second-order valence-corrected chi connectivity index (χ2v) is 10.1. The van der Waals surface area contributed by atoms with Crippen LogP contribution in [-0.2, 0) is 20.1 Å². The van der Waals surface area contributed by atoms with Crippen LogP contribution in [0.3, 0.4) is 0 Å². The van der Waals surface area contributed by atoms with Crippen LogP contribution in [0.15, 0.2) is 122 Å². The molecule has 0 aliphatic rings. The fourth-order valence-electron chi connectivity index (χ4n) is 4.56. The maximum atomic E-state index is 4.39. The van der Waals surface area contributed by atoms with Crippen LogP contribution in [0.1, 0.15) is 22.3 Å². The molecular weight excluding hydrogens is 681 g/mol. The Labute approximate surface area is 256 Å². The van der Waals surface area contributed by atoms with Crippen LogP contribution in [0, 0.1) is 27.7 Å². The van der Waals surface area contributed by atoms with Crippen molar-refractivity contribution in [2.24, 2.45) is 0 Å². The van der Waals surface area contributed by atoms with E-state index >= 15 is 0 Å². The fraction of sp³-hybridized carbons (Fsp3) is 0.111. The molecule has 0 saturated carbocycles. The average molecular weight is 713 g/mol. The van der Waals surface area contributed by atoms with E-state index in [-0.39, 0.29) is 20.1 Å². The summed E-state index contributed by atoms with van der Waals surface area (Å²) < 4.78 is 0. The Balaban J connectivity index is 0.000000184. The number of rotatable bonds is 4. The summed E-state index contributed by atoms with van der Waals surface area (Å²) in [4.78, 5) is 17.6. The number of hydrogen-bond acceptors (Lipinski definition) is 4. The molecule has 0 N–H and O–H groups in total. The van der Waals surface area contributed by atoms with E-state index in [1.807, 2.05) is 12.1 Å². The van der Waals surface area contributed by atoms with Crippen molar-refractivity contribution in [1.82, 2.24) is 19.9 Å². The predicted octanol–water partition coefficient (Wildman–Crippen LogP) is 8.85. The van der Waals surface area contributed by atoms with Gasteiger partial charge in [-0.05, 0) is 64.1 Å². The molecule has 0 bridgehead atoms. The SMILES string of the molecule is Cc1cccc(-c2cc(-c3cccc(C)c3)ncn2)c1.Cc1cccc(-c2cc(-c3cccc(C)c3)ncn2)c1.[Ir]. The van der Waals surface area contributed by atoms with E-state index in [1.54, 1.807) is 12.7 Å². The normalized spacial score (nSPS) is 10.2. The number of aryl methyl sites for hydroxylation is 4. The van der Waals surface area contributed by atoms with E-state index in [2.05, 4.69) is 145 Å². The third kappa shape index (κ3) is 7.88. The molecule has 6 rings (SSSR count). The van der Waals surface area contributed by atoms with Crippen molar-refractivity contribution in [1.29, 1.82) is 0 Å². The molecule has 0 aliphatic carbocycles. The number of nitrogens with zero attached hydrogens (tertiary/aromatic N) is 4. The van der Waals surface area contributed by atoms with Gasteiger partial charge in [-0.3, -0.25) is 0 Å². The Hall–Kier alpha value is -4.31. The topological polar surface area (TPSA) is 51.6 Å². The van der Waals surface area contributed by atoms with Gasteiger partial charge in [-0.15, -0.1) is 0 Å². The van der Waals surface area contributed by atoms with Gasteiger partial charge in [-0.2, -0.15) is 0 Å². The molecule has 4 aromatic carbocycles. The largest absolute Gasteiger partial charge is 0.236 e. The molecule has 6 aromatic rings. The van der Waals surface area contributed by atoms with Crippen molar-refractivity contribution in [3.05, 3.63) is 144 Å². The standard InChI is InChI=1S/2C18H16N2.Ir/c2*1-13-5-3-7-15(9-13)17-11-18(20-12-19-17)16-8-4-6-14(2)10-16;/h2*3-12H,1-2H3;. The zero-order chi connectivity index (χ0) is 27.9. The molecule has 5 heteroatoms. The molecule has 0 spiro atoms. The van der Waals surface area contributed by atoms with E-state index in [9.17, 15) is 0 Å². The summed E-state index contributed by atoms with van der Waals surface area (Å²) in [5, 5.41) is 0. The molecule has 0 unspecified atom stereocenters. The summed E-state index contributed by atoms with van der Waals surface area (Å²) in [7, 11) is 0. The smallest absolute Gasteiger partial charge is 0.116 e. The minimum atomic E-state index is 0. The minimum Gasteiger partial charge on any atom is -0.236 e. The maximum absolute atomic E-state index is 4.39. The minimum absolute atomic E-state index is 0. The zero-order valence-corrected chi connectivity index (χ0v) is 26.1. The summed E-state index contributed by atoms with van der Waals surface area (Å²) in [5.74, 6) is 0. The molecule has 0 atom stereocenters. The van der Waals surface area contributed by atoms with Gasteiger partial charge in [0.1, 0.15) is 12.7 Å². The number of benzene rings is 4. The van der Waals surface area contributed by atoms with E-state index in [4.69, 9.17) is 0 Å². The first-order valence-electron chi connectivity index (χ1n) is 13.4. The predicted molar refractivity (Wildman–Crippen MR) is 165 cm³/mol. The van der Waals surface area contributed by atoms with Crippen molar-refractivity contribution in [2.75, 3.05) is 0 Å². The van der Waals surface area contributed by atoms with Gasteiger partial charge >= 0.3 is 0 Å². The van der Waals surface area contributed by atoms with Crippen molar-refractivity contribution >= 4 is 0 Å². The first-order valence-corrected chi connectivity index (χ1v) is 13.4. The van der Waals surface area contributed by atoms with Crippen LogP contribution in [0.4, 0.5) is 0 Å². The molecule has 205 valence electrons. The van der Waals surface area contributed by atoms with Crippen LogP contribution in [0.5, 0.6) is 0 Å². The molecule has 0 aliphatic heterocycles. The van der Waals surface area contributed by atoms with Gasteiger partial charge < -0.3 is 0 Å². The van der Waals surface area contributed by atoms with Crippen LogP contribution < -0.4 is 0 Å². The summed E-state index contributed by atoms with van der Waals surface area (Å²) >= 11 is 0. The Morgan fingerprint density at radius 2 is 0.585 bits per heavy atom. The van der Waals surface area contributed by atoms with Gasteiger partial charge in [0, 0.05) is 42.4 Å². The van der Waals surface area contributed by atoms with Gasteiger partial charge in [0.05, 0.1) is 22.8 Å². The van der Waals surface area contributed by atoms with Crippen molar-refractivity contribution < 1.29 is 20.1 Å². The second-order valence-electron chi connectivity index (χ2n) is 10.1.